The molecule has 0 unspecified atom stereocenters. The highest BCUT2D eigenvalue weighted by molar-refractivity contribution is 5.86. The van der Waals surface area contributed by atoms with E-state index in [0.717, 1.165) is 17.7 Å². The van der Waals surface area contributed by atoms with E-state index in [9.17, 15) is 14.4 Å². The van der Waals surface area contributed by atoms with E-state index >= 15 is 0 Å². The van der Waals surface area contributed by atoms with Gasteiger partial charge in [-0.05, 0) is 12.8 Å². The van der Waals surface area contributed by atoms with E-state index in [1.54, 1.807) is 0 Å². The largest absolute Gasteiger partial charge is 0.480 e. The van der Waals surface area contributed by atoms with Crippen molar-refractivity contribution in [1.82, 2.24) is 10.2 Å². The molecule has 0 aliphatic heterocycles. The van der Waals surface area contributed by atoms with Crippen LogP contribution in [-0.4, -0.2) is 47.0 Å². The number of hydrogen-bond acceptors (Lipinski definition) is 3. The topological polar surface area (TPSA) is 113 Å². The number of nitrogens with two attached hydrogens (primary N) is 1. The molecule has 0 aromatic rings. The van der Waals surface area contributed by atoms with Crippen molar-refractivity contribution in [2.45, 2.75) is 32.7 Å². The van der Waals surface area contributed by atoms with Crippen LogP contribution in [0.4, 0.5) is 4.79 Å². The maximum Gasteiger partial charge on any atom is 0.323 e. The maximum atomic E-state index is 11.7. The Labute approximate surface area is 100.0 Å². The number of carbonyl (C=O) groups excluding carboxylic acids is 2. The summed E-state index contributed by atoms with van der Waals surface area (Å²) in [6.45, 7) is 2.86. The molecule has 98 valence electrons. The van der Waals surface area contributed by atoms with Crippen LogP contribution >= 0.6 is 0 Å². The number of aliphatic carboxylic acids is 1. The summed E-state index contributed by atoms with van der Waals surface area (Å²) in [5.74, 6) is -1.93. The van der Waals surface area contributed by atoms with E-state index in [2.05, 4.69) is 5.32 Å². The zero-order valence-corrected chi connectivity index (χ0v) is 10.1. The molecule has 0 aromatic heterocycles. The van der Waals surface area contributed by atoms with Gasteiger partial charge >= 0.3 is 12.0 Å². The highest BCUT2D eigenvalue weighted by atomic mass is 16.4. The summed E-state index contributed by atoms with van der Waals surface area (Å²) in [7, 11) is 0. The van der Waals surface area contributed by atoms with Crippen molar-refractivity contribution in [1.29, 1.82) is 0 Å². The predicted molar refractivity (Wildman–Crippen MR) is 61.3 cm³/mol. The Bertz CT molecular complexity index is 273. The summed E-state index contributed by atoms with van der Waals surface area (Å²) in [5.41, 5.74) is 4.95. The Morgan fingerprint density at radius 3 is 2.12 bits per heavy atom. The molecule has 4 N–H and O–H groups in total. The second-order valence-electron chi connectivity index (χ2n) is 3.68. The number of amides is 3. The second kappa shape index (κ2) is 7.48. The van der Waals surface area contributed by atoms with Crippen LogP contribution in [-0.2, 0) is 9.59 Å². The van der Waals surface area contributed by atoms with Crippen LogP contribution in [0.1, 0.15) is 26.7 Å². The van der Waals surface area contributed by atoms with Gasteiger partial charge in [-0.2, -0.15) is 0 Å². The second-order valence-corrected chi connectivity index (χ2v) is 3.68. The summed E-state index contributed by atoms with van der Waals surface area (Å²) in [5, 5.41) is 11.3. The molecular weight excluding hydrogens is 226 g/mol. The lowest BCUT2D eigenvalue weighted by atomic mass is 10.2. The van der Waals surface area contributed by atoms with E-state index in [4.69, 9.17) is 10.8 Å². The van der Waals surface area contributed by atoms with Crippen molar-refractivity contribution in [2.75, 3.05) is 13.1 Å². The fraction of sp³-hybridized carbons (Fsp3) is 0.700. The van der Waals surface area contributed by atoms with Gasteiger partial charge in [0.25, 0.3) is 0 Å². The SMILES string of the molecule is CCC(CC)NC(=O)N(CC(N)=O)CC(=O)O. The van der Waals surface area contributed by atoms with Gasteiger partial charge in [-0.25, -0.2) is 4.79 Å². The number of urea groups is 1. The molecule has 0 rings (SSSR count). The number of carboxylic acid groups (broad SMARTS) is 1. The average molecular weight is 245 g/mol. The first-order chi connectivity index (χ1) is 7.90. The molecule has 17 heavy (non-hydrogen) atoms. The number of rotatable bonds is 7. The van der Waals surface area contributed by atoms with Crippen molar-refractivity contribution in [3.8, 4) is 0 Å². The van der Waals surface area contributed by atoms with E-state index < -0.39 is 31.0 Å². The first-order valence-electron chi connectivity index (χ1n) is 5.46. The van der Waals surface area contributed by atoms with Crippen LogP contribution in [0.3, 0.4) is 0 Å². The molecule has 0 aliphatic rings. The van der Waals surface area contributed by atoms with Crippen LogP contribution in [0.25, 0.3) is 0 Å². The number of nitrogens with one attached hydrogen (secondary N) is 1. The Hall–Kier alpha value is -1.79. The third kappa shape index (κ3) is 6.39. The lowest BCUT2D eigenvalue weighted by molar-refractivity contribution is -0.137. The zero-order valence-electron chi connectivity index (χ0n) is 10.1. The third-order valence-electron chi connectivity index (χ3n) is 2.27. The maximum absolute atomic E-state index is 11.7. The summed E-state index contributed by atoms with van der Waals surface area (Å²) in [4.78, 5) is 33.8. The van der Waals surface area contributed by atoms with Gasteiger partial charge in [-0.15, -0.1) is 0 Å². The van der Waals surface area contributed by atoms with Crippen molar-refractivity contribution < 1.29 is 19.5 Å². The van der Waals surface area contributed by atoms with E-state index in [-0.39, 0.29) is 6.04 Å². The van der Waals surface area contributed by atoms with Crippen LogP contribution in [0.15, 0.2) is 0 Å². The summed E-state index contributed by atoms with van der Waals surface area (Å²) < 4.78 is 0. The average Bonchev–Trinajstić information content (AvgIpc) is 2.23. The summed E-state index contributed by atoms with van der Waals surface area (Å²) in [6.07, 6.45) is 1.47. The molecule has 0 saturated carbocycles. The van der Waals surface area contributed by atoms with Crippen LogP contribution in [0.2, 0.25) is 0 Å². The van der Waals surface area contributed by atoms with Crippen molar-refractivity contribution in [3.63, 3.8) is 0 Å². The van der Waals surface area contributed by atoms with Gasteiger partial charge in [-0.1, -0.05) is 13.8 Å². The van der Waals surface area contributed by atoms with Crippen LogP contribution in [0, 0.1) is 0 Å². The smallest absolute Gasteiger partial charge is 0.323 e. The summed E-state index contributed by atoms with van der Waals surface area (Å²) >= 11 is 0. The summed E-state index contributed by atoms with van der Waals surface area (Å²) in [6, 6.07) is -0.619. The lowest BCUT2D eigenvalue weighted by Crippen LogP contribution is -2.49. The first kappa shape index (κ1) is 15.2. The third-order valence-corrected chi connectivity index (χ3v) is 2.27. The lowest BCUT2D eigenvalue weighted by Gasteiger charge is -2.23. The molecule has 0 heterocycles. The van der Waals surface area contributed by atoms with Crippen molar-refractivity contribution in [3.05, 3.63) is 0 Å². The molecule has 3 amide bonds. The van der Waals surface area contributed by atoms with Crippen LogP contribution in [0.5, 0.6) is 0 Å². The highest BCUT2D eigenvalue weighted by Gasteiger charge is 2.20. The Morgan fingerprint density at radius 1 is 1.24 bits per heavy atom. The van der Waals surface area contributed by atoms with Gasteiger partial charge in [0.2, 0.25) is 5.91 Å². The van der Waals surface area contributed by atoms with Gasteiger partial charge < -0.3 is 21.1 Å². The number of carboxylic acids is 1. The fourth-order valence-corrected chi connectivity index (χ4v) is 1.31. The molecule has 0 aliphatic carbocycles. The highest BCUT2D eigenvalue weighted by Crippen LogP contribution is 1.98. The standard InChI is InChI=1S/C10H19N3O4/c1-3-7(4-2)12-10(17)13(5-8(11)14)6-9(15)16/h7H,3-6H2,1-2H3,(H2,11,14)(H,12,17)(H,15,16). The minimum absolute atomic E-state index is 0.0355. The molecule has 0 saturated heterocycles. The molecule has 0 aromatic carbocycles. The molecule has 0 fully saturated rings. The van der Waals surface area contributed by atoms with E-state index in [1.165, 1.54) is 0 Å². The Kier molecular flexibility index (Phi) is 6.69. The van der Waals surface area contributed by atoms with Crippen LogP contribution < -0.4 is 11.1 Å². The van der Waals surface area contributed by atoms with Gasteiger partial charge in [0.05, 0.1) is 0 Å². The molecule has 0 bridgehead atoms. The zero-order chi connectivity index (χ0) is 13.4. The van der Waals surface area contributed by atoms with Crippen molar-refractivity contribution >= 4 is 17.9 Å². The minimum Gasteiger partial charge on any atom is -0.480 e. The van der Waals surface area contributed by atoms with E-state index in [1.807, 2.05) is 13.8 Å². The fourth-order valence-electron chi connectivity index (χ4n) is 1.31. The number of carbonyl (C=O) groups is 3. The van der Waals surface area contributed by atoms with Gasteiger partial charge in [0.1, 0.15) is 13.1 Å². The Balaban J connectivity index is 4.50. The van der Waals surface area contributed by atoms with Gasteiger partial charge in [-0.3, -0.25) is 9.59 Å². The molecule has 7 nitrogen and oxygen atoms in total. The molecule has 0 atom stereocenters. The molecular formula is C10H19N3O4. The predicted octanol–water partition coefficient (Wildman–Crippen LogP) is -0.243. The molecule has 0 radical (unpaired) electrons. The number of hydrogen-bond donors (Lipinski definition) is 3. The monoisotopic (exact) mass is 245 g/mol. The Morgan fingerprint density at radius 2 is 1.76 bits per heavy atom. The number of nitrogens with zero attached hydrogens (tertiary/aromatic N) is 1. The van der Waals surface area contributed by atoms with Gasteiger partial charge in [0.15, 0.2) is 0 Å². The van der Waals surface area contributed by atoms with E-state index in [0.29, 0.717) is 0 Å². The number of primary amides is 1. The van der Waals surface area contributed by atoms with Gasteiger partial charge in [0, 0.05) is 6.04 Å². The quantitative estimate of drug-likeness (QED) is 0.574. The molecule has 7 heteroatoms. The molecule has 0 spiro atoms. The normalized spacial score (nSPS) is 10.1. The van der Waals surface area contributed by atoms with Crippen molar-refractivity contribution in [2.24, 2.45) is 5.73 Å². The first-order valence-corrected chi connectivity index (χ1v) is 5.46. The minimum atomic E-state index is -1.19.